The third-order valence-electron chi connectivity index (χ3n) is 3.17. The first kappa shape index (κ1) is 13.6. The SMILES string of the molecule is COc1ccc(CNc2cc3nc(Cl)ccc3cn2)cc1. The largest absolute Gasteiger partial charge is 0.497 e. The maximum Gasteiger partial charge on any atom is 0.129 e. The lowest BCUT2D eigenvalue weighted by molar-refractivity contribution is 0.414. The van der Waals surface area contributed by atoms with Crippen molar-refractivity contribution in [1.29, 1.82) is 0 Å². The zero-order chi connectivity index (χ0) is 14.7. The molecule has 0 unspecified atom stereocenters. The first-order valence-electron chi connectivity index (χ1n) is 6.54. The number of nitrogens with zero attached hydrogens (tertiary/aromatic N) is 2. The molecule has 21 heavy (non-hydrogen) atoms. The smallest absolute Gasteiger partial charge is 0.129 e. The molecule has 0 aliphatic rings. The molecular formula is C16H14ClN3O. The lowest BCUT2D eigenvalue weighted by atomic mass is 10.2. The van der Waals surface area contributed by atoms with Gasteiger partial charge in [0.2, 0.25) is 0 Å². The van der Waals surface area contributed by atoms with Crippen molar-refractivity contribution in [2.45, 2.75) is 6.54 Å². The molecule has 0 radical (unpaired) electrons. The van der Waals surface area contributed by atoms with E-state index in [1.807, 2.05) is 36.4 Å². The Bertz CT molecular complexity index is 759. The van der Waals surface area contributed by atoms with E-state index in [4.69, 9.17) is 16.3 Å². The summed E-state index contributed by atoms with van der Waals surface area (Å²) >= 11 is 5.91. The highest BCUT2D eigenvalue weighted by Gasteiger charge is 2.01. The molecule has 1 N–H and O–H groups in total. The monoisotopic (exact) mass is 299 g/mol. The Labute approximate surface area is 127 Å². The van der Waals surface area contributed by atoms with Gasteiger partial charge in [-0.15, -0.1) is 0 Å². The summed E-state index contributed by atoms with van der Waals surface area (Å²) in [5, 5.41) is 4.72. The summed E-state index contributed by atoms with van der Waals surface area (Å²) in [5.74, 6) is 1.62. The lowest BCUT2D eigenvalue weighted by Crippen LogP contribution is -2.01. The zero-order valence-corrected chi connectivity index (χ0v) is 12.3. The average molecular weight is 300 g/mol. The summed E-state index contributed by atoms with van der Waals surface area (Å²) in [6.07, 6.45) is 1.79. The van der Waals surface area contributed by atoms with E-state index in [2.05, 4.69) is 15.3 Å². The van der Waals surface area contributed by atoms with Crippen molar-refractivity contribution in [2.75, 3.05) is 12.4 Å². The third-order valence-corrected chi connectivity index (χ3v) is 3.38. The number of halogens is 1. The second-order valence-corrected chi connectivity index (χ2v) is 4.99. The molecule has 0 saturated carbocycles. The number of aromatic nitrogens is 2. The predicted octanol–water partition coefficient (Wildman–Crippen LogP) is 3.90. The van der Waals surface area contributed by atoms with Crippen molar-refractivity contribution in [2.24, 2.45) is 0 Å². The normalized spacial score (nSPS) is 10.6. The van der Waals surface area contributed by atoms with Crippen molar-refractivity contribution in [1.82, 2.24) is 9.97 Å². The summed E-state index contributed by atoms with van der Waals surface area (Å²) in [7, 11) is 1.66. The van der Waals surface area contributed by atoms with Gasteiger partial charge in [-0.3, -0.25) is 0 Å². The van der Waals surface area contributed by atoms with Crippen LogP contribution in [0.25, 0.3) is 10.9 Å². The Morgan fingerprint density at radius 2 is 1.95 bits per heavy atom. The molecule has 3 aromatic rings. The van der Waals surface area contributed by atoms with E-state index in [1.54, 1.807) is 19.4 Å². The topological polar surface area (TPSA) is 47.0 Å². The fourth-order valence-corrected chi connectivity index (χ4v) is 2.18. The molecule has 0 saturated heterocycles. The molecule has 2 heterocycles. The first-order valence-corrected chi connectivity index (χ1v) is 6.91. The summed E-state index contributed by atoms with van der Waals surface area (Å²) in [4.78, 5) is 8.65. The van der Waals surface area contributed by atoms with Gasteiger partial charge in [0.1, 0.15) is 16.7 Å². The van der Waals surface area contributed by atoms with E-state index < -0.39 is 0 Å². The van der Waals surface area contributed by atoms with Gasteiger partial charge < -0.3 is 10.1 Å². The summed E-state index contributed by atoms with van der Waals surface area (Å²) in [6.45, 7) is 0.684. The second kappa shape index (κ2) is 5.97. The van der Waals surface area contributed by atoms with Crippen LogP contribution in [0.15, 0.2) is 48.7 Å². The lowest BCUT2D eigenvalue weighted by Gasteiger charge is -2.07. The van der Waals surface area contributed by atoms with Crippen LogP contribution in [0.1, 0.15) is 5.56 Å². The number of hydrogen-bond acceptors (Lipinski definition) is 4. The van der Waals surface area contributed by atoms with Crippen LogP contribution >= 0.6 is 11.6 Å². The van der Waals surface area contributed by atoms with Crippen LogP contribution in [-0.2, 0) is 6.54 Å². The molecule has 2 aromatic heterocycles. The third kappa shape index (κ3) is 3.23. The molecule has 106 valence electrons. The molecule has 0 bridgehead atoms. The number of methoxy groups -OCH3 is 1. The van der Waals surface area contributed by atoms with Gasteiger partial charge in [0, 0.05) is 24.2 Å². The maximum atomic E-state index is 5.91. The van der Waals surface area contributed by atoms with Gasteiger partial charge in [-0.05, 0) is 29.8 Å². The van der Waals surface area contributed by atoms with Gasteiger partial charge in [0.15, 0.2) is 0 Å². The van der Waals surface area contributed by atoms with Crippen LogP contribution < -0.4 is 10.1 Å². The average Bonchev–Trinajstić information content (AvgIpc) is 2.53. The summed E-state index contributed by atoms with van der Waals surface area (Å²) in [6, 6.07) is 13.5. The van der Waals surface area contributed by atoms with E-state index in [0.29, 0.717) is 11.7 Å². The molecule has 5 heteroatoms. The number of anilines is 1. The van der Waals surface area contributed by atoms with Crippen molar-refractivity contribution in [3.63, 3.8) is 0 Å². The Morgan fingerprint density at radius 1 is 1.14 bits per heavy atom. The fraction of sp³-hybridized carbons (Fsp3) is 0.125. The van der Waals surface area contributed by atoms with Crippen LogP contribution in [0.3, 0.4) is 0 Å². The van der Waals surface area contributed by atoms with Crippen LogP contribution in [-0.4, -0.2) is 17.1 Å². The standard InChI is InChI=1S/C16H14ClN3O/c1-21-13-5-2-11(3-6-13)9-18-16-8-14-12(10-19-16)4-7-15(17)20-14/h2-8,10H,9H2,1H3,(H,18,19). The van der Waals surface area contributed by atoms with Crippen LogP contribution in [0, 0.1) is 0 Å². The molecule has 1 aromatic carbocycles. The molecule has 0 fully saturated rings. The van der Waals surface area contributed by atoms with Crippen molar-refractivity contribution in [3.05, 3.63) is 59.4 Å². The van der Waals surface area contributed by atoms with Crippen molar-refractivity contribution >= 4 is 28.3 Å². The van der Waals surface area contributed by atoms with Crippen molar-refractivity contribution < 1.29 is 4.74 Å². The minimum Gasteiger partial charge on any atom is -0.497 e. The van der Waals surface area contributed by atoms with Gasteiger partial charge in [-0.1, -0.05) is 23.7 Å². The number of nitrogens with one attached hydrogen (secondary N) is 1. The Hall–Kier alpha value is -2.33. The van der Waals surface area contributed by atoms with Gasteiger partial charge in [-0.25, -0.2) is 9.97 Å². The summed E-state index contributed by atoms with van der Waals surface area (Å²) in [5.41, 5.74) is 1.98. The Morgan fingerprint density at radius 3 is 2.71 bits per heavy atom. The Balaban J connectivity index is 1.74. The number of pyridine rings is 2. The second-order valence-electron chi connectivity index (χ2n) is 4.60. The Kier molecular flexibility index (Phi) is 3.88. The molecule has 0 spiro atoms. The van der Waals surface area contributed by atoms with E-state index in [0.717, 1.165) is 28.0 Å². The molecule has 0 amide bonds. The minimum atomic E-state index is 0.481. The highest BCUT2D eigenvalue weighted by atomic mass is 35.5. The first-order chi connectivity index (χ1) is 10.2. The number of benzene rings is 1. The zero-order valence-electron chi connectivity index (χ0n) is 11.5. The molecule has 3 rings (SSSR count). The number of hydrogen-bond donors (Lipinski definition) is 1. The van der Waals surface area contributed by atoms with Gasteiger partial charge in [0.05, 0.1) is 12.6 Å². The molecule has 0 atom stereocenters. The molecule has 0 aliphatic carbocycles. The summed E-state index contributed by atoms with van der Waals surface area (Å²) < 4.78 is 5.14. The molecule has 0 aliphatic heterocycles. The van der Waals surface area contributed by atoms with Crippen LogP contribution in [0.2, 0.25) is 5.15 Å². The highest BCUT2D eigenvalue weighted by molar-refractivity contribution is 6.29. The van der Waals surface area contributed by atoms with E-state index >= 15 is 0 Å². The molecule has 4 nitrogen and oxygen atoms in total. The van der Waals surface area contributed by atoms with E-state index in [-0.39, 0.29) is 0 Å². The minimum absolute atomic E-state index is 0.481. The van der Waals surface area contributed by atoms with E-state index in [9.17, 15) is 0 Å². The van der Waals surface area contributed by atoms with Gasteiger partial charge in [0.25, 0.3) is 0 Å². The van der Waals surface area contributed by atoms with E-state index in [1.165, 1.54) is 0 Å². The molecular weight excluding hydrogens is 286 g/mol. The van der Waals surface area contributed by atoms with Gasteiger partial charge in [-0.2, -0.15) is 0 Å². The fourth-order valence-electron chi connectivity index (χ4n) is 2.02. The number of fused-ring (bicyclic) bond motifs is 1. The van der Waals surface area contributed by atoms with Crippen LogP contribution in [0.4, 0.5) is 5.82 Å². The highest BCUT2D eigenvalue weighted by Crippen LogP contribution is 2.18. The van der Waals surface area contributed by atoms with Gasteiger partial charge >= 0.3 is 0 Å². The number of rotatable bonds is 4. The predicted molar refractivity (Wildman–Crippen MR) is 84.9 cm³/mol. The number of ether oxygens (including phenoxy) is 1. The van der Waals surface area contributed by atoms with Crippen molar-refractivity contribution in [3.8, 4) is 5.75 Å². The maximum absolute atomic E-state index is 5.91. The van der Waals surface area contributed by atoms with Crippen LogP contribution in [0.5, 0.6) is 5.75 Å². The quantitative estimate of drug-likeness (QED) is 0.742.